The van der Waals surface area contributed by atoms with Crippen LogP contribution in [0, 0.1) is 0 Å². The third-order valence-electron chi connectivity index (χ3n) is 4.77. The van der Waals surface area contributed by atoms with Crippen LogP contribution in [0.4, 0.5) is 5.69 Å². The Balaban J connectivity index is 1.44. The highest BCUT2D eigenvalue weighted by molar-refractivity contribution is 5.96. The van der Waals surface area contributed by atoms with E-state index >= 15 is 0 Å². The number of carbonyl (C=O) groups is 2. The minimum absolute atomic E-state index is 0.0376. The minimum atomic E-state index is -0.173. The molecule has 0 aliphatic carbocycles. The van der Waals surface area contributed by atoms with Crippen molar-refractivity contribution < 1.29 is 14.3 Å². The zero-order chi connectivity index (χ0) is 17.2. The van der Waals surface area contributed by atoms with Crippen LogP contribution in [0.3, 0.4) is 0 Å². The fourth-order valence-corrected chi connectivity index (χ4v) is 3.46. The van der Waals surface area contributed by atoms with Gasteiger partial charge in [-0.2, -0.15) is 0 Å². The SMILES string of the molecule is O=C(CN1CCCCC1=O)Nc1ccc2nc(C3CCCO3)[nH]c2c1. The quantitative estimate of drug-likeness (QED) is 0.893. The Morgan fingerprint density at radius 1 is 1.36 bits per heavy atom. The molecule has 2 aliphatic heterocycles. The van der Waals surface area contributed by atoms with Crippen molar-refractivity contribution in [3.63, 3.8) is 0 Å². The summed E-state index contributed by atoms with van der Waals surface area (Å²) in [5, 5.41) is 2.87. The third kappa shape index (κ3) is 3.51. The van der Waals surface area contributed by atoms with E-state index in [1.807, 2.05) is 18.2 Å². The molecular formula is C18H22N4O3. The molecule has 0 radical (unpaired) electrons. The fourth-order valence-electron chi connectivity index (χ4n) is 3.46. The molecule has 1 aromatic carbocycles. The Morgan fingerprint density at radius 2 is 2.28 bits per heavy atom. The van der Waals surface area contributed by atoms with Crippen LogP contribution >= 0.6 is 0 Å². The Labute approximate surface area is 145 Å². The smallest absolute Gasteiger partial charge is 0.243 e. The summed E-state index contributed by atoms with van der Waals surface area (Å²) in [5.41, 5.74) is 2.43. The van der Waals surface area contributed by atoms with E-state index in [0.29, 0.717) is 18.7 Å². The number of nitrogens with zero attached hydrogens (tertiary/aromatic N) is 2. The third-order valence-corrected chi connectivity index (χ3v) is 4.77. The number of anilines is 1. The second kappa shape index (κ2) is 6.84. The number of amides is 2. The van der Waals surface area contributed by atoms with E-state index in [9.17, 15) is 9.59 Å². The number of imidazole rings is 1. The average molecular weight is 342 g/mol. The largest absolute Gasteiger partial charge is 0.370 e. The van der Waals surface area contributed by atoms with Crippen molar-refractivity contribution in [3.8, 4) is 0 Å². The van der Waals surface area contributed by atoms with Crippen LogP contribution in [-0.4, -0.2) is 46.4 Å². The topological polar surface area (TPSA) is 87.3 Å². The normalized spacial score (nSPS) is 21.0. The maximum absolute atomic E-state index is 12.2. The number of hydrogen-bond donors (Lipinski definition) is 2. The van der Waals surface area contributed by atoms with Gasteiger partial charge in [0.05, 0.1) is 17.6 Å². The first-order chi connectivity index (χ1) is 12.2. The molecule has 4 rings (SSSR count). The zero-order valence-corrected chi connectivity index (χ0v) is 14.1. The first kappa shape index (κ1) is 16.1. The Kier molecular flexibility index (Phi) is 4.40. The van der Waals surface area contributed by atoms with Gasteiger partial charge in [0.1, 0.15) is 11.9 Å². The van der Waals surface area contributed by atoms with E-state index < -0.39 is 0 Å². The molecule has 7 heteroatoms. The van der Waals surface area contributed by atoms with Crippen LogP contribution in [0.1, 0.15) is 44.0 Å². The molecular weight excluding hydrogens is 320 g/mol. The van der Waals surface area contributed by atoms with Gasteiger partial charge in [0.25, 0.3) is 0 Å². The lowest BCUT2D eigenvalue weighted by Crippen LogP contribution is -2.40. The van der Waals surface area contributed by atoms with Crippen LogP contribution in [0.5, 0.6) is 0 Å². The van der Waals surface area contributed by atoms with Crippen molar-refractivity contribution in [3.05, 3.63) is 24.0 Å². The molecule has 1 aromatic heterocycles. The standard InChI is InChI=1S/C18H22N4O3/c23-16(11-22-8-2-1-5-17(22)24)19-12-6-7-13-14(10-12)21-18(20-13)15-4-3-9-25-15/h6-7,10,15H,1-5,8-9,11H2,(H,19,23)(H,20,21). The van der Waals surface area contributed by atoms with E-state index in [-0.39, 0.29) is 24.5 Å². The molecule has 2 N–H and O–H groups in total. The summed E-state index contributed by atoms with van der Waals surface area (Å²) >= 11 is 0. The number of rotatable bonds is 4. The second-order valence-electron chi connectivity index (χ2n) is 6.68. The number of aromatic amines is 1. The summed E-state index contributed by atoms with van der Waals surface area (Å²) in [4.78, 5) is 33.5. The lowest BCUT2D eigenvalue weighted by molar-refractivity contribution is -0.136. The van der Waals surface area contributed by atoms with Gasteiger partial charge in [0.2, 0.25) is 11.8 Å². The van der Waals surface area contributed by atoms with Crippen molar-refractivity contribution in [1.82, 2.24) is 14.9 Å². The van der Waals surface area contributed by atoms with Crippen LogP contribution in [0.15, 0.2) is 18.2 Å². The number of likely N-dealkylation sites (tertiary alicyclic amines) is 1. The number of piperidine rings is 1. The molecule has 132 valence electrons. The lowest BCUT2D eigenvalue weighted by atomic mass is 10.1. The highest BCUT2D eigenvalue weighted by atomic mass is 16.5. The van der Waals surface area contributed by atoms with Gasteiger partial charge in [-0.25, -0.2) is 4.98 Å². The fraction of sp³-hybridized carbons (Fsp3) is 0.500. The molecule has 0 bridgehead atoms. The van der Waals surface area contributed by atoms with Crippen LogP contribution in [0.25, 0.3) is 11.0 Å². The van der Waals surface area contributed by atoms with Gasteiger partial charge in [-0.1, -0.05) is 0 Å². The number of ether oxygens (including phenoxy) is 1. The number of hydrogen-bond acceptors (Lipinski definition) is 4. The van der Waals surface area contributed by atoms with E-state index in [4.69, 9.17) is 4.74 Å². The summed E-state index contributed by atoms with van der Waals surface area (Å²) in [6.45, 7) is 1.55. The number of H-pyrrole nitrogens is 1. The predicted octanol–water partition coefficient (Wildman–Crippen LogP) is 2.37. The maximum Gasteiger partial charge on any atom is 0.243 e. The molecule has 1 unspecified atom stereocenters. The monoisotopic (exact) mass is 342 g/mol. The molecule has 0 spiro atoms. The number of carbonyl (C=O) groups excluding carboxylic acids is 2. The summed E-state index contributed by atoms with van der Waals surface area (Å²) in [7, 11) is 0. The average Bonchev–Trinajstić information content (AvgIpc) is 3.25. The summed E-state index contributed by atoms with van der Waals surface area (Å²) in [6.07, 6.45) is 4.49. The van der Waals surface area contributed by atoms with Crippen LogP contribution < -0.4 is 5.32 Å². The molecule has 2 aromatic rings. The van der Waals surface area contributed by atoms with E-state index in [0.717, 1.165) is 49.1 Å². The van der Waals surface area contributed by atoms with Gasteiger partial charge in [0.15, 0.2) is 0 Å². The minimum Gasteiger partial charge on any atom is -0.370 e. The predicted molar refractivity (Wildman–Crippen MR) is 93.1 cm³/mol. The van der Waals surface area contributed by atoms with Gasteiger partial charge >= 0.3 is 0 Å². The highest BCUT2D eigenvalue weighted by Crippen LogP contribution is 2.28. The highest BCUT2D eigenvalue weighted by Gasteiger charge is 2.22. The summed E-state index contributed by atoms with van der Waals surface area (Å²) in [6, 6.07) is 5.58. The summed E-state index contributed by atoms with van der Waals surface area (Å²) < 4.78 is 5.66. The number of benzene rings is 1. The molecule has 1 atom stereocenters. The number of nitrogens with one attached hydrogen (secondary N) is 2. The van der Waals surface area contributed by atoms with Crippen molar-refractivity contribution in [1.29, 1.82) is 0 Å². The van der Waals surface area contributed by atoms with Crippen molar-refractivity contribution in [2.45, 2.75) is 38.2 Å². The van der Waals surface area contributed by atoms with E-state index in [1.54, 1.807) is 4.90 Å². The number of fused-ring (bicyclic) bond motifs is 1. The first-order valence-corrected chi connectivity index (χ1v) is 8.88. The maximum atomic E-state index is 12.2. The summed E-state index contributed by atoms with van der Waals surface area (Å²) in [5.74, 6) is 0.731. The van der Waals surface area contributed by atoms with Gasteiger partial charge in [-0.3, -0.25) is 9.59 Å². The molecule has 3 heterocycles. The van der Waals surface area contributed by atoms with Gasteiger partial charge in [0, 0.05) is 25.3 Å². The van der Waals surface area contributed by atoms with Gasteiger partial charge in [-0.15, -0.1) is 0 Å². The molecule has 7 nitrogen and oxygen atoms in total. The van der Waals surface area contributed by atoms with E-state index in [2.05, 4.69) is 15.3 Å². The van der Waals surface area contributed by atoms with Crippen LogP contribution in [0.2, 0.25) is 0 Å². The molecule has 0 saturated carbocycles. The molecule has 2 amide bonds. The Hall–Kier alpha value is -2.41. The van der Waals surface area contributed by atoms with Crippen molar-refractivity contribution in [2.75, 3.05) is 25.0 Å². The Bertz CT molecular complexity index is 795. The van der Waals surface area contributed by atoms with Gasteiger partial charge in [-0.05, 0) is 43.9 Å². The van der Waals surface area contributed by atoms with Gasteiger partial charge < -0.3 is 19.9 Å². The molecule has 25 heavy (non-hydrogen) atoms. The Morgan fingerprint density at radius 3 is 3.08 bits per heavy atom. The second-order valence-corrected chi connectivity index (χ2v) is 6.68. The molecule has 2 saturated heterocycles. The van der Waals surface area contributed by atoms with E-state index in [1.165, 1.54) is 0 Å². The first-order valence-electron chi connectivity index (χ1n) is 8.88. The van der Waals surface area contributed by atoms with Crippen molar-refractivity contribution >= 4 is 28.5 Å². The number of aromatic nitrogens is 2. The van der Waals surface area contributed by atoms with Crippen molar-refractivity contribution in [2.24, 2.45) is 0 Å². The van der Waals surface area contributed by atoms with Crippen LogP contribution in [-0.2, 0) is 14.3 Å². The molecule has 2 aliphatic rings. The lowest BCUT2D eigenvalue weighted by Gasteiger charge is -2.25. The molecule has 2 fully saturated rings. The zero-order valence-electron chi connectivity index (χ0n) is 14.1.